The first kappa shape index (κ1) is 13.5. The quantitative estimate of drug-likeness (QED) is 0.889. The second-order valence-corrected chi connectivity index (χ2v) is 3.89. The lowest BCUT2D eigenvalue weighted by Gasteiger charge is -2.08. The molecule has 6 heteroatoms. The molecule has 0 saturated carbocycles. The van der Waals surface area contributed by atoms with Crippen molar-refractivity contribution < 1.29 is 19.4 Å². The molecular formula is C14H12N2O4. The fourth-order valence-electron chi connectivity index (χ4n) is 1.63. The number of aromatic carboxylic acids is 1. The molecule has 2 aromatic rings. The first-order valence-electron chi connectivity index (χ1n) is 5.75. The predicted molar refractivity (Wildman–Crippen MR) is 72.1 cm³/mol. The molecule has 102 valence electrons. The average molecular weight is 272 g/mol. The molecule has 0 atom stereocenters. The largest absolute Gasteiger partial charge is 0.497 e. The van der Waals surface area contributed by atoms with E-state index in [4.69, 9.17) is 9.84 Å². The van der Waals surface area contributed by atoms with Crippen LogP contribution in [0.25, 0.3) is 0 Å². The van der Waals surface area contributed by atoms with E-state index in [0.717, 1.165) is 0 Å². The third-order valence-electron chi connectivity index (χ3n) is 2.61. The molecule has 6 nitrogen and oxygen atoms in total. The zero-order valence-electron chi connectivity index (χ0n) is 10.7. The summed E-state index contributed by atoms with van der Waals surface area (Å²) in [6.07, 6.45) is 1.44. The summed E-state index contributed by atoms with van der Waals surface area (Å²) in [7, 11) is 1.48. The Hall–Kier alpha value is -2.89. The minimum atomic E-state index is -1.11. The Labute approximate surface area is 115 Å². The van der Waals surface area contributed by atoms with Gasteiger partial charge in [-0.15, -0.1) is 0 Å². The van der Waals surface area contributed by atoms with E-state index in [0.29, 0.717) is 5.75 Å². The summed E-state index contributed by atoms with van der Waals surface area (Å²) in [5.74, 6) is -1.12. The Bertz CT molecular complexity index is 655. The van der Waals surface area contributed by atoms with Crippen LogP contribution in [-0.2, 0) is 0 Å². The van der Waals surface area contributed by atoms with Gasteiger partial charge in [0.2, 0.25) is 0 Å². The summed E-state index contributed by atoms with van der Waals surface area (Å²) in [6, 6.07) is 9.24. The molecule has 0 unspecified atom stereocenters. The molecule has 2 N–H and O–H groups in total. The van der Waals surface area contributed by atoms with Gasteiger partial charge in [-0.1, -0.05) is 12.1 Å². The molecule has 0 aliphatic rings. The molecule has 1 heterocycles. The van der Waals surface area contributed by atoms with Crippen molar-refractivity contribution in [3.63, 3.8) is 0 Å². The second kappa shape index (κ2) is 5.83. The van der Waals surface area contributed by atoms with Crippen molar-refractivity contribution in [3.8, 4) is 5.75 Å². The van der Waals surface area contributed by atoms with Gasteiger partial charge >= 0.3 is 5.97 Å². The monoisotopic (exact) mass is 272 g/mol. The van der Waals surface area contributed by atoms with E-state index < -0.39 is 11.9 Å². The van der Waals surface area contributed by atoms with Crippen molar-refractivity contribution in [2.24, 2.45) is 0 Å². The Balaban J connectivity index is 2.25. The zero-order chi connectivity index (χ0) is 14.5. The van der Waals surface area contributed by atoms with Gasteiger partial charge in [0.25, 0.3) is 5.91 Å². The maximum Gasteiger partial charge on any atom is 0.337 e. The van der Waals surface area contributed by atoms with Crippen LogP contribution in [0.3, 0.4) is 0 Å². The number of rotatable bonds is 4. The van der Waals surface area contributed by atoms with Crippen LogP contribution < -0.4 is 10.1 Å². The molecule has 0 radical (unpaired) electrons. The molecule has 20 heavy (non-hydrogen) atoms. The maximum absolute atomic E-state index is 12.0. The number of anilines is 1. The van der Waals surface area contributed by atoms with Crippen LogP contribution in [0.1, 0.15) is 20.8 Å². The van der Waals surface area contributed by atoms with Gasteiger partial charge in [0.05, 0.1) is 18.4 Å². The highest BCUT2D eigenvalue weighted by atomic mass is 16.5. The number of carbonyl (C=O) groups is 2. The summed E-state index contributed by atoms with van der Waals surface area (Å²) in [6.45, 7) is 0. The molecule has 0 aliphatic heterocycles. The van der Waals surface area contributed by atoms with E-state index in [1.807, 2.05) is 0 Å². The maximum atomic E-state index is 12.0. The van der Waals surface area contributed by atoms with Crippen molar-refractivity contribution >= 4 is 17.6 Å². The molecule has 0 bridgehead atoms. The van der Waals surface area contributed by atoms with Gasteiger partial charge in [0.15, 0.2) is 0 Å². The van der Waals surface area contributed by atoms with E-state index in [2.05, 4.69) is 10.3 Å². The molecular weight excluding hydrogens is 260 g/mol. The number of nitrogens with zero attached hydrogens (tertiary/aromatic N) is 1. The number of hydrogen-bond acceptors (Lipinski definition) is 4. The minimum absolute atomic E-state index is 0.0174. The lowest BCUT2D eigenvalue weighted by Crippen LogP contribution is -2.16. The smallest absolute Gasteiger partial charge is 0.337 e. The summed E-state index contributed by atoms with van der Waals surface area (Å²) < 4.78 is 5.00. The third-order valence-corrected chi connectivity index (χ3v) is 2.61. The van der Waals surface area contributed by atoms with E-state index in [-0.39, 0.29) is 16.9 Å². The molecule has 0 spiro atoms. The van der Waals surface area contributed by atoms with E-state index in [1.54, 1.807) is 18.2 Å². The van der Waals surface area contributed by atoms with Crippen LogP contribution in [0.4, 0.5) is 5.69 Å². The average Bonchev–Trinajstić information content (AvgIpc) is 2.47. The number of para-hydroxylation sites is 1. The Morgan fingerprint density at radius 3 is 2.70 bits per heavy atom. The number of pyridine rings is 1. The van der Waals surface area contributed by atoms with Gasteiger partial charge in [-0.05, 0) is 18.2 Å². The van der Waals surface area contributed by atoms with E-state index in [9.17, 15) is 9.59 Å². The van der Waals surface area contributed by atoms with Crippen molar-refractivity contribution in [2.75, 3.05) is 12.4 Å². The van der Waals surface area contributed by atoms with Gasteiger partial charge in [-0.25, -0.2) is 4.79 Å². The van der Waals surface area contributed by atoms with E-state index >= 15 is 0 Å². The number of nitrogens with one attached hydrogen (secondary N) is 1. The van der Waals surface area contributed by atoms with Crippen molar-refractivity contribution in [1.82, 2.24) is 4.98 Å². The highest BCUT2D eigenvalue weighted by Crippen LogP contribution is 2.17. The first-order chi connectivity index (χ1) is 9.61. The van der Waals surface area contributed by atoms with Crippen molar-refractivity contribution in [1.29, 1.82) is 0 Å². The summed E-state index contributed by atoms with van der Waals surface area (Å²) in [5, 5.41) is 11.6. The number of ether oxygens (including phenoxy) is 1. The van der Waals surface area contributed by atoms with E-state index in [1.165, 1.54) is 31.5 Å². The molecule has 0 saturated heterocycles. The van der Waals surface area contributed by atoms with Crippen LogP contribution in [0.5, 0.6) is 5.75 Å². The number of benzene rings is 1. The van der Waals surface area contributed by atoms with Gasteiger partial charge in [0.1, 0.15) is 11.4 Å². The van der Waals surface area contributed by atoms with Gasteiger partial charge in [0, 0.05) is 12.3 Å². The number of carboxylic acids is 1. The Kier molecular flexibility index (Phi) is 3.95. The standard InChI is InChI=1S/C14H12N2O4/c1-20-9-6-7-15-12(8-9)13(17)16-11-5-3-2-4-10(11)14(18)19/h2-8H,1H3,(H,16,17)(H,18,19). The van der Waals surface area contributed by atoms with Crippen molar-refractivity contribution in [2.45, 2.75) is 0 Å². The van der Waals surface area contributed by atoms with Gasteiger partial charge in [-0.3, -0.25) is 9.78 Å². The zero-order valence-corrected chi connectivity index (χ0v) is 10.7. The fourth-order valence-corrected chi connectivity index (χ4v) is 1.63. The molecule has 0 aliphatic carbocycles. The molecule has 2 rings (SSSR count). The second-order valence-electron chi connectivity index (χ2n) is 3.89. The lowest BCUT2D eigenvalue weighted by atomic mass is 10.1. The predicted octanol–water partition coefficient (Wildman–Crippen LogP) is 2.04. The summed E-state index contributed by atoms with van der Waals surface area (Å²) in [5.41, 5.74) is 0.378. The first-order valence-corrected chi connectivity index (χ1v) is 5.75. The number of hydrogen-bond donors (Lipinski definition) is 2. The number of aromatic nitrogens is 1. The number of methoxy groups -OCH3 is 1. The fraction of sp³-hybridized carbons (Fsp3) is 0.0714. The lowest BCUT2D eigenvalue weighted by molar-refractivity contribution is 0.0698. The van der Waals surface area contributed by atoms with Gasteiger partial charge < -0.3 is 15.2 Å². The molecule has 1 aromatic heterocycles. The van der Waals surface area contributed by atoms with Gasteiger partial charge in [-0.2, -0.15) is 0 Å². The highest BCUT2D eigenvalue weighted by Gasteiger charge is 2.14. The number of carboxylic acid groups (broad SMARTS) is 1. The minimum Gasteiger partial charge on any atom is -0.497 e. The van der Waals surface area contributed by atoms with Crippen LogP contribution in [0.15, 0.2) is 42.6 Å². The molecule has 0 fully saturated rings. The molecule has 1 aromatic carbocycles. The van der Waals surface area contributed by atoms with Crippen LogP contribution >= 0.6 is 0 Å². The van der Waals surface area contributed by atoms with Crippen LogP contribution in [-0.4, -0.2) is 29.1 Å². The number of amides is 1. The Morgan fingerprint density at radius 2 is 2.00 bits per heavy atom. The molecule has 1 amide bonds. The highest BCUT2D eigenvalue weighted by molar-refractivity contribution is 6.06. The SMILES string of the molecule is COc1ccnc(C(=O)Nc2ccccc2C(=O)O)c1. The normalized spacial score (nSPS) is 9.85. The summed E-state index contributed by atoms with van der Waals surface area (Å²) in [4.78, 5) is 27.0. The van der Waals surface area contributed by atoms with Crippen molar-refractivity contribution in [3.05, 3.63) is 53.9 Å². The topological polar surface area (TPSA) is 88.5 Å². The Morgan fingerprint density at radius 1 is 1.25 bits per heavy atom. The third kappa shape index (κ3) is 2.92. The van der Waals surface area contributed by atoms with Crippen LogP contribution in [0.2, 0.25) is 0 Å². The number of carbonyl (C=O) groups excluding carboxylic acids is 1. The summed E-state index contributed by atoms with van der Waals surface area (Å²) >= 11 is 0. The van der Waals surface area contributed by atoms with Crippen LogP contribution in [0, 0.1) is 0 Å².